The molecule has 3 amide bonds. The maximum atomic E-state index is 13.1. The van der Waals surface area contributed by atoms with Crippen LogP contribution >= 0.6 is 0 Å². The van der Waals surface area contributed by atoms with Crippen LogP contribution < -0.4 is 10.6 Å². The molecule has 1 aliphatic heterocycles. The molecule has 1 aliphatic rings. The first-order valence-corrected chi connectivity index (χ1v) is 10.7. The van der Waals surface area contributed by atoms with E-state index in [1.54, 1.807) is 35.2 Å². The molecule has 1 atom stereocenters. The van der Waals surface area contributed by atoms with Crippen LogP contribution in [0.1, 0.15) is 39.1 Å². The summed E-state index contributed by atoms with van der Waals surface area (Å²) in [5.41, 5.74) is 3.12. The zero-order valence-electron chi connectivity index (χ0n) is 17.9. The Morgan fingerprint density at radius 1 is 0.844 bits per heavy atom. The molecule has 32 heavy (non-hydrogen) atoms. The van der Waals surface area contributed by atoms with Crippen LogP contribution in [-0.4, -0.2) is 35.2 Å². The van der Waals surface area contributed by atoms with E-state index in [9.17, 15) is 14.4 Å². The van der Waals surface area contributed by atoms with Crippen molar-refractivity contribution < 1.29 is 14.4 Å². The summed E-state index contributed by atoms with van der Waals surface area (Å²) >= 11 is 0. The lowest BCUT2D eigenvalue weighted by atomic mass is 10.1. The molecule has 0 saturated carbocycles. The minimum Gasteiger partial charge on any atom is -0.327 e. The number of nitrogens with one attached hydrogen (secondary N) is 2. The van der Waals surface area contributed by atoms with E-state index < -0.39 is 6.04 Å². The van der Waals surface area contributed by atoms with E-state index in [0.29, 0.717) is 35.5 Å². The van der Waals surface area contributed by atoms with Gasteiger partial charge in [-0.25, -0.2) is 0 Å². The van der Waals surface area contributed by atoms with E-state index >= 15 is 0 Å². The number of nitrogens with zero attached hydrogens (tertiary/aromatic N) is 1. The van der Waals surface area contributed by atoms with Crippen LogP contribution in [0.15, 0.2) is 78.9 Å². The second-order valence-electron chi connectivity index (χ2n) is 7.86. The standard InChI is InChI=1S/C26H25N3O3/c1-18-14-15-20(24(30)27-21-11-6-3-7-12-21)17-22(18)28-25(31)23-13-8-16-29(23)26(32)19-9-4-2-5-10-19/h2-7,9-12,14-15,17,23H,8,13,16H2,1H3,(H,27,30)(H,28,31). The van der Waals surface area contributed by atoms with Crippen LogP contribution in [0.5, 0.6) is 0 Å². The number of benzene rings is 3. The van der Waals surface area contributed by atoms with Gasteiger partial charge in [0.05, 0.1) is 0 Å². The molecular formula is C26H25N3O3. The lowest BCUT2D eigenvalue weighted by Crippen LogP contribution is -2.43. The average molecular weight is 428 g/mol. The molecule has 1 unspecified atom stereocenters. The predicted molar refractivity (Wildman–Crippen MR) is 125 cm³/mol. The maximum absolute atomic E-state index is 13.1. The number of amides is 3. The number of aryl methyl sites for hydroxylation is 1. The van der Waals surface area contributed by atoms with Gasteiger partial charge in [-0.1, -0.05) is 42.5 Å². The highest BCUT2D eigenvalue weighted by Gasteiger charge is 2.34. The van der Waals surface area contributed by atoms with Crippen molar-refractivity contribution in [2.75, 3.05) is 17.2 Å². The van der Waals surface area contributed by atoms with Crippen molar-refractivity contribution in [1.29, 1.82) is 0 Å². The normalized spacial score (nSPS) is 15.3. The van der Waals surface area contributed by atoms with Crippen LogP contribution in [0, 0.1) is 6.92 Å². The van der Waals surface area contributed by atoms with E-state index in [0.717, 1.165) is 12.0 Å². The van der Waals surface area contributed by atoms with E-state index in [-0.39, 0.29) is 17.7 Å². The molecule has 0 aromatic heterocycles. The van der Waals surface area contributed by atoms with E-state index in [1.807, 2.05) is 55.5 Å². The Hall–Kier alpha value is -3.93. The number of hydrogen-bond donors (Lipinski definition) is 2. The summed E-state index contributed by atoms with van der Waals surface area (Å²) in [6.07, 6.45) is 1.38. The second kappa shape index (κ2) is 9.47. The highest BCUT2D eigenvalue weighted by molar-refractivity contribution is 6.06. The van der Waals surface area contributed by atoms with Crippen LogP contribution in [0.25, 0.3) is 0 Å². The van der Waals surface area contributed by atoms with Crippen molar-refractivity contribution in [3.8, 4) is 0 Å². The molecule has 4 rings (SSSR count). The van der Waals surface area contributed by atoms with Gasteiger partial charge in [-0.3, -0.25) is 14.4 Å². The van der Waals surface area contributed by atoms with Gasteiger partial charge >= 0.3 is 0 Å². The van der Waals surface area contributed by atoms with Crippen LogP contribution in [0.2, 0.25) is 0 Å². The first-order chi connectivity index (χ1) is 15.5. The fraction of sp³-hybridized carbons (Fsp3) is 0.192. The summed E-state index contributed by atoms with van der Waals surface area (Å²) in [5, 5.41) is 5.78. The number of likely N-dealkylation sites (tertiary alicyclic amines) is 1. The van der Waals surface area contributed by atoms with Crippen molar-refractivity contribution in [3.05, 3.63) is 95.6 Å². The Balaban J connectivity index is 1.48. The molecule has 1 fully saturated rings. The summed E-state index contributed by atoms with van der Waals surface area (Å²) in [7, 11) is 0. The highest BCUT2D eigenvalue weighted by atomic mass is 16.2. The molecule has 1 saturated heterocycles. The van der Waals surface area contributed by atoms with Gasteiger partial charge in [0.2, 0.25) is 5.91 Å². The van der Waals surface area contributed by atoms with E-state index in [2.05, 4.69) is 10.6 Å². The highest BCUT2D eigenvalue weighted by Crippen LogP contribution is 2.24. The Morgan fingerprint density at radius 3 is 2.25 bits per heavy atom. The fourth-order valence-corrected chi connectivity index (χ4v) is 3.87. The quantitative estimate of drug-likeness (QED) is 0.630. The number of hydrogen-bond acceptors (Lipinski definition) is 3. The van der Waals surface area contributed by atoms with Gasteiger partial charge in [0.15, 0.2) is 0 Å². The fourth-order valence-electron chi connectivity index (χ4n) is 3.87. The van der Waals surface area contributed by atoms with Crippen molar-refractivity contribution in [2.45, 2.75) is 25.8 Å². The average Bonchev–Trinajstić information content (AvgIpc) is 3.31. The van der Waals surface area contributed by atoms with Gasteiger partial charge in [0, 0.05) is 29.0 Å². The third-order valence-corrected chi connectivity index (χ3v) is 5.63. The van der Waals surface area contributed by atoms with Gasteiger partial charge < -0.3 is 15.5 Å². The first kappa shape index (κ1) is 21.3. The topological polar surface area (TPSA) is 78.5 Å². The zero-order chi connectivity index (χ0) is 22.5. The number of rotatable bonds is 5. The minimum absolute atomic E-state index is 0.143. The molecule has 1 heterocycles. The summed E-state index contributed by atoms with van der Waals surface area (Å²) in [6.45, 7) is 2.42. The van der Waals surface area contributed by atoms with Gasteiger partial charge in [-0.2, -0.15) is 0 Å². The van der Waals surface area contributed by atoms with Gasteiger partial charge in [-0.15, -0.1) is 0 Å². The Bertz CT molecular complexity index is 1130. The SMILES string of the molecule is Cc1ccc(C(=O)Nc2ccccc2)cc1NC(=O)C1CCCN1C(=O)c1ccccc1. The minimum atomic E-state index is -0.538. The smallest absolute Gasteiger partial charge is 0.255 e. The molecule has 0 bridgehead atoms. The maximum Gasteiger partial charge on any atom is 0.255 e. The summed E-state index contributed by atoms with van der Waals surface area (Å²) < 4.78 is 0. The molecule has 3 aromatic rings. The lowest BCUT2D eigenvalue weighted by Gasteiger charge is -2.24. The third kappa shape index (κ3) is 4.70. The molecule has 6 nitrogen and oxygen atoms in total. The summed E-state index contributed by atoms with van der Waals surface area (Å²) in [6, 6.07) is 22.9. The van der Waals surface area contributed by atoms with Crippen molar-refractivity contribution in [2.24, 2.45) is 0 Å². The van der Waals surface area contributed by atoms with E-state index in [4.69, 9.17) is 0 Å². The Morgan fingerprint density at radius 2 is 1.53 bits per heavy atom. The molecular weight excluding hydrogens is 402 g/mol. The Kier molecular flexibility index (Phi) is 6.31. The Labute approximate surface area is 187 Å². The second-order valence-corrected chi connectivity index (χ2v) is 7.86. The van der Waals surface area contributed by atoms with Crippen LogP contribution in [-0.2, 0) is 4.79 Å². The van der Waals surface area contributed by atoms with Gasteiger partial charge in [-0.05, 0) is 61.7 Å². The largest absolute Gasteiger partial charge is 0.327 e. The lowest BCUT2D eigenvalue weighted by molar-refractivity contribution is -0.119. The van der Waals surface area contributed by atoms with Crippen molar-refractivity contribution in [3.63, 3.8) is 0 Å². The monoisotopic (exact) mass is 427 g/mol. The molecule has 2 N–H and O–H groups in total. The number of anilines is 2. The number of carbonyl (C=O) groups is 3. The molecule has 0 spiro atoms. The summed E-state index contributed by atoms with van der Waals surface area (Å²) in [4.78, 5) is 40.2. The van der Waals surface area contributed by atoms with Gasteiger partial charge in [0.25, 0.3) is 11.8 Å². The molecule has 162 valence electrons. The zero-order valence-corrected chi connectivity index (χ0v) is 17.9. The predicted octanol–water partition coefficient (Wildman–Crippen LogP) is 4.49. The number of para-hydroxylation sites is 1. The number of carbonyl (C=O) groups excluding carboxylic acids is 3. The molecule has 3 aromatic carbocycles. The van der Waals surface area contributed by atoms with Crippen LogP contribution in [0.3, 0.4) is 0 Å². The van der Waals surface area contributed by atoms with Crippen LogP contribution in [0.4, 0.5) is 11.4 Å². The molecule has 0 radical (unpaired) electrons. The molecule has 0 aliphatic carbocycles. The van der Waals surface area contributed by atoms with Crippen molar-refractivity contribution >= 4 is 29.1 Å². The third-order valence-electron chi connectivity index (χ3n) is 5.63. The van der Waals surface area contributed by atoms with E-state index in [1.165, 1.54) is 0 Å². The molecule has 6 heteroatoms. The summed E-state index contributed by atoms with van der Waals surface area (Å²) in [5.74, 6) is -0.639. The van der Waals surface area contributed by atoms with Crippen molar-refractivity contribution in [1.82, 2.24) is 4.90 Å². The van der Waals surface area contributed by atoms with Gasteiger partial charge in [0.1, 0.15) is 6.04 Å². The first-order valence-electron chi connectivity index (χ1n) is 10.7.